The van der Waals surface area contributed by atoms with E-state index in [0.29, 0.717) is 53.4 Å². The molecule has 11 heteroatoms. The molecule has 3 aromatic carbocycles. The minimum atomic E-state index is -1.00. The van der Waals surface area contributed by atoms with Crippen molar-refractivity contribution in [2.75, 3.05) is 19.7 Å². The first-order chi connectivity index (χ1) is 24.3. The lowest BCUT2D eigenvalue weighted by molar-refractivity contribution is -0.148. The number of carbonyl (C=O) groups is 3. The zero-order valence-corrected chi connectivity index (χ0v) is 31.3. The lowest BCUT2D eigenvalue weighted by atomic mass is 9.82. The van der Waals surface area contributed by atoms with E-state index in [4.69, 9.17) is 16.3 Å². The van der Waals surface area contributed by atoms with Crippen molar-refractivity contribution in [3.05, 3.63) is 104 Å². The summed E-state index contributed by atoms with van der Waals surface area (Å²) in [5.74, 6) is -1.04. The number of ether oxygens (including phenoxy) is 1. The van der Waals surface area contributed by atoms with Gasteiger partial charge in [-0.15, -0.1) is 0 Å². The van der Waals surface area contributed by atoms with E-state index in [1.165, 1.54) is 12.1 Å². The van der Waals surface area contributed by atoms with Gasteiger partial charge in [0.25, 0.3) is 0 Å². The fraction of sp³-hybridized carbons (Fsp3) is 0.425. The van der Waals surface area contributed by atoms with Crippen LogP contribution in [0.4, 0.5) is 4.39 Å². The monoisotopic (exact) mass is 779 g/mol. The number of benzene rings is 3. The average Bonchev–Trinajstić information content (AvgIpc) is 3.86. The molecule has 1 saturated carbocycles. The van der Waals surface area contributed by atoms with Gasteiger partial charge in [0.2, 0.25) is 11.8 Å². The summed E-state index contributed by atoms with van der Waals surface area (Å²) in [5.41, 5.74) is 3.32. The van der Waals surface area contributed by atoms with Crippen molar-refractivity contribution in [1.29, 1.82) is 0 Å². The summed E-state index contributed by atoms with van der Waals surface area (Å²) in [6.07, 6.45) is 4.79. The summed E-state index contributed by atoms with van der Waals surface area (Å²) in [4.78, 5) is 41.2. The molecule has 2 aliphatic heterocycles. The summed E-state index contributed by atoms with van der Waals surface area (Å²) in [5, 5.41) is 17.2. The second-order valence-corrected chi connectivity index (χ2v) is 16.0. The number of aliphatic carboxylic acids is 1. The highest BCUT2D eigenvalue weighted by atomic mass is 79.9. The lowest BCUT2D eigenvalue weighted by Gasteiger charge is -2.44. The maximum Gasteiger partial charge on any atom is 0.309 e. The van der Waals surface area contributed by atoms with E-state index in [2.05, 4.69) is 50.8 Å². The molecule has 0 radical (unpaired) electrons. The number of amides is 2. The van der Waals surface area contributed by atoms with E-state index in [1.807, 2.05) is 24.3 Å². The van der Waals surface area contributed by atoms with Crippen LogP contribution in [-0.2, 0) is 27.2 Å². The second kappa shape index (κ2) is 15.5. The van der Waals surface area contributed by atoms with Crippen molar-refractivity contribution in [3.63, 3.8) is 0 Å². The van der Waals surface area contributed by atoms with E-state index < -0.39 is 11.4 Å². The number of carboxylic acid groups (broad SMARTS) is 1. The van der Waals surface area contributed by atoms with Gasteiger partial charge >= 0.3 is 5.97 Å². The molecule has 6 rings (SSSR count). The first-order valence-corrected chi connectivity index (χ1v) is 18.7. The van der Waals surface area contributed by atoms with Gasteiger partial charge in [0.15, 0.2) is 0 Å². The van der Waals surface area contributed by atoms with Gasteiger partial charge in [0.1, 0.15) is 11.6 Å². The molecule has 2 atom stereocenters. The van der Waals surface area contributed by atoms with Gasteiger partial charge in [-0.1, -0.05) is 54.1 Å². The fourth-order valence-corrected chi connectivity index (χ4v) is 7.57. The minimum Gasteiger partial charge on any atom is -0.492 e. The van der Waals surface area contributed by atoms with Gasteiger partial charge in [-0.3, -0.25) is 14.4 Å². The molecule has 1 saturated heterocycles. The molecule has 0 unspecified atom stereocenters. The Hall–Kier alpha value is -3.73. The van der Waals surface area contributed by atoms with E-state index in [-0.39, 0.29) is 48.1 Å². The Morgan fingerprint density at radius 1 is 1.10 bits per heavy atom. The van der Waals surface area contributed by atoms with Crippen LogP contribution in [-0.4, -0.2) is 65.1 Å². The van der Waals surface area contributed by atoms with Crippen LogP contribution in [0.5, 0.6) is 5.75 Å². The SMILES string of the molecule is CC(C)(CCC(=O)N1C[C@H]2CC(c3ccc(CCCOc4cc(F)ccc4Br)cc3)=C(C(=O)NC3(Cc4ccccc4Cl)CC3)[C@@H](C1)N2)C(=O)O. The smallest absolute Gasteiger partial charge is 0.309 e. The molecule has 1 aliphatic carbocycles. The third-order valence-electron chi connectivity index (χ3n) is 10.3. The Morgan fingerprint density at radius 3 is 2.55 bits per heavy atom. The van der Waals surface area contributed by atoms with Crippen LogP contribution in [0.1, 0.15) is 69.1 Å². The van der Waals surface area contributed by atoms with E-state index in [9.17, 15) is 23.9 Å². The molecule has 0 aromatic heterocycles. The number of carboxylic acids is 1. The number of carbonyl (C=O) groups excluding carboxylic acids is 2. The highest BCUT2D eigenvalue weighted by molar-refractivity contribution is 9.10. The van der Waals surface area contributed by atoms with Crippen LogP contribution in [0.15, 0.2) is 76.8 Å². The molecule has 51 heavy (non-hydrogen) atoms. The van der Waals surface area contributed by atoms with Crippen molar-refractivity contribution >= 4 is 50.9 Å². The Labute approximate surface area is 311 Å². The number of aryl methyl sites for hydroxylation is 1. The third-order valence-corrected chi connectivity index (χ3v) is 11.4. The predicted molar refractivity (Wildman–Crippen MR) is 199 cm³/mol. The van der Waals surface area contributed by atoms with Crippen molar-refractivity contribution in [3.8, 4) is 5.75 Å². The van der Waals surface area contributed by atoms with Crippen molar-refractivity contribution in [1.82, 2.24) is 15.5 Å². The number of rotatable bonds is 14. The summed E-state index contributed by atoms with van der Waals surface area (Å²) >= 11 is 9.90. The van der Waals surface area contributed by atoms with Crippen molar-refractivity contribution in [2.45, 2.75) is 82.8 Å². The molecule has 3 N–H and O–H groups in total. The number of hydrogen-bond donors (Lipinski definition) is 3. The molecule has 0 spiro atoms. The molecule has 2 heterocycles. The topological polar surface area (TPSA) is 108 Å². The molecule has 3 aromatic rings. The van der Waals surface area contributed by atoms with Gasteiger partial charge in [-0.2, -0.15) is 0 Å². The van der Waals surface area contributed by atoms with Gasteiger partial charge < -0.3 is 25.4 Å². The maximum absolute atomic E-state index is 14.4. The molecule has 2 amide bonds. The van der Waals surface area contributed by atoms with E-state index >= 15 is 0 Å². The molecule has 3 aliphatic rings. The molecular formula is C40H44BrClFN3O5. The highest BCUT2D eigenvalue weighted by Gasteiger charge is 2.47. The van der Waals surface area contributed by atoms with Gasteiger partial charge in [-0.05, 0) is 115 Å². The molecule has 2 fully saturated rings. The standard InChI is InChI=1S/C40H44BrClFN3O5/c1-39(2,38(49)50)16-15-35(47)46-23-29-21-30(26-11-9-25(10-12-26)6-5-19-51-34-20-28(43)13-14-31(34)41)36(33(24-46)44-29)37(48)45-40(17-18-40)22-27-7-3-4-8-32(27)42/h3-4,7-14,20,29,33,44H,5-6,15-19,21-24H2,1-2H3,(H,45,48)(H,49,50)/t29-,33-/m1/s1. The Kier molecular flexibility index (Phi) is 11.2. The first-order valence-electron chi connectivity index (χ1n) is 17.6. The molecule has 2 bridgehead atoms. The van der Waals surface area contributed by atoms with Crippen molar-refractivity contribution in [2.24, 2.45) is 5.41 Å². The van der Waals surface area contributed by atoms with Gasteiger partial charge in [-0.25, -0.2) is 4.39 Å². The minimum absolute atomic E-state index is 0.0521. The zero-order valence-electron chi connectivity index (χ0n) is 28.9. The number of nitrogens with one attached hydrogen (secondary N) is 2. The average molecular weight is 781 g/mol. The number of fused-ring (bicyclic) bond motifs is 2. The van der Waals surface area contributed by atoms with Crippen molar-refractivity contribution < 1.29 is 28.6 Å². The normalized spacial score (nSPS) is 19.4. The van der Waals surface area contributed by atoms with Crippen LogP contribution in [0.25, 0.3) is 5.57 Å². The Balaban J connectivity index is 1.19. The quantitative estimate of drug-likeness (QED) is 0.148. The van der Waals surface area contributed by atoms with Crippen LogP contribution >= 0.6 is 27.5 Å². The fourth-order valence-electron chi connectivity index (χ4n) is 7.00. The second-order valence-electron chi connectivity index (χ2n) is 14.7. The third kappa shape index (κ3) is 9.02. The predicted octanol–water partition coefficient (Wildman–Crippen LogP) is 7.36. The van der Waals surface area contributed by atoms with E-state index in [1.54, 1.807) is 24.8 Å². The summed E-state index contributed by atoms with van der Waals surface area (Å²) in [6.45, 7) is 4.51. The van der Waals surface area contributed by atoms with Crippen LogP contribution in [0, 0.1) is 11.2 Å². The Morgan fingerprint density at radius 2 is 1.84 bits per heavy atom. The van der Waals surface area contributed by atoms with E-state index in [0.717, 1.165) is 47.9 Å². The zero-order chi connectivity index (χ0) is 36.3. The molecule has 270 valence electrons. The van der Waals surface area contributed by atoms with Crippen LogP contribution in [0.3, 0.4) is 0 Å². The molecular weight excluding hydrogens is 737 g/mol. The number of piperazine rings is 1. The van der Waals surface area contributed by atoms with Gasteiger partial charge in [0, 0.05) is 47.8 Å². The van der Waals surface area contributed by atoms with Crippen LogP contribution < -0.4 is 15.4 Å². The lowest BCUT2D eigenvalue weighted by Crippen LogP contribution is -2.62. The number of nitrogens with zero attached hydrogens (tertiary/aromatic N) is 1. The largest absolute Gasteiger partial charge is 0.492 e. The molecule has 8 nitrogen and oxygen atoms in total. The summed E-state index contributed by atoms with van der Waals surface area (Å²) in [6, 6.07) is 19.9. The Bertz CT molecular complexity index is 1830. The van der Waals surface area contributed by atoms with Gasteiger partial charge in [0.05, 0.1) is 22.5 Å². The number of hydrogen-bond acceptors (Lipinski definition) is 5. The summed E-state index contributed by atoms with van der Waals surface area (Å²) in [7, 11) is 0. The summed E-state index contributed by atoms with van der Waals surface area (Å²) < 4.78 is 20.1. The van der Waals surface area contributed by atoms with Crippen LogP contribution in [0.2, 0.25) is 5.02 Å². The maximum atomic E-state index is 14.4. The first kappa shape index (κ1) is 37.0. The highest BCUT2D eigenvalue weighted by Crippen LogP contribution is 2.42. The number of halogens is 3.